The molecule has 0 bridgehead atoms. The van der Waals surface area contributed by atoms with E-state index in [9.17, 15) is 19.5 Å². The maximum absolute atomic E-state index is 13.6. The van der Waals surface area contributed by atoms with Gasteiger partial charge in [0, 0.05) is 6.42 Å². The van der Waals surface area contributed by atoms with E-state index in [1.54, 1.807) is 46.9 Å². The second-order valence-corrected chi connectivity index (χ2v) is 8.51. The van der Waals surface area contributed by atoms with E-state index in [1.807, 2.05) is 12.1 Å². The SMILES string of the molecule is CCOC(=O)C(C)(C)n1c(Cc2ccc(OC)cc2)nc2sc(C(=O)O)c(C)c2c1=O. The van der Waals surface area contributed by atoms with Crippen LogP contribution in [0.15, 0.2) is 29.1 Å². The van der Waals surface area contributed by atoms with Gasteiger partial charge in [-0.1, -0.05) is 12.1 Å². The molecule has 3 aromatic rings. The zero-order valence-corrected chi connectivity index (χ0v) is 18.8. The summed E-state index contributed by atoms with van der Waals surface area (Å²) in [7, 11) is 1.57. The van der Waals surface area contributed by atoms with E-state index in [0.717, 1.165) is 16.9 Å². The van der Waals surface area contributed by atoms with Crippen molar-refractivity contribution in [2.75, 3.05) is 13.7 Å². The van der Waals surface area contributed by atoms with Gasteiger partial charge in [0.15, 0.2) is 0 Å². The Kier molecular flexibility index (Phi) is 6.17. The normalized spacial score (nSPS) is 11.5. The molecule has 0 saturated heterocycles. The summed E-state index contributed by atoms with van der Waals surface area (Å²) in [6.07, 6.45) is 0.261. The smallest absolute Gasteiger partial charge is 0.346 e. The van der Waals surface area contributed by atoms with Gasteiger partial charge >= 0.3 is 11.9 Å². The van der Waals surface area contributed by atoms with Crippen LogP contribution in [0.25, 0.3) is 10.2 Å². The van der Waals surface area contributed by atoms with Gasteiger partial charge in [0.25, 0.3) is 5.56 Å². The molecule has 8 nitrogen and oxygen atoms in total. The number of fused-ring (bicyclic) bond motifs is 1. The molecular weight excluding hydrogens is 420 g/mol. The lowest BCUT2D eigenvalue weighted by Crippen LogP contribution is -2.46. The predicted molar refractivity (Wildman–Crippen MR) is 117 cm³/mol. The molecule has 9 heteroatoms. The molecule has 164 valence electrons. The van der Waals surface area contributed by atoms with Crippen LogP contribution >= 0.6 is 11.3 Å². The van der Waals surface area contributed by atoms with Gasteiger partial charge in [-0.25, -0.2) is 14.6 Å². The maximum atomic E-state index is 13.6. The molecule has 3 rings (SSSR count). The average Bonchev–Trinajstić information content (AvgIpc) is 3.05. The minimum atomic E-state index is -1.34. The highest BCUT2D eigenvalue weighted by molar-refractivity contribution is 7.20. The fraction of sp³-hybridized carbons (Fsp3) is 0.364. The first-order valence-corrected chi connectivity index (χ1v) is 10.5. The van der Waals surface area contributed by atoms with E-state index in [1.165, 1.54) is 4.57 Å². The summed E-state index contributed by atoms with van der Waals surface area (Å²) in [5.41, 5.74) is -0.608. The number of carbonyl (C=O) groups is 2. The fourth-order valence-electron chi connectivity index (χ4n) is 3.45. The molecule has 0 atom stereocenters. The Balaban J connectivity index is 2.28. The van der Waals surface area contributed by atoms with Gasteiger partial charge in [0.05, 0.1) is 19.1 Å². The molecular formula is C22H24N2O6S. The van der Waals surface area contributed by atoms with Crippen LogP contribution in [0.4, 0.5) is 0 Å². The standard InChI is InChI=1S/C22H24N2O6S/c1-6-30-21(28)22(3,4)24-15(11-13-7-9-14(29-5)10-8-13)23-18-16(19(24)25)12(2)17(31-18)20(26)27/h7-10H,6,11H2,1-5H3,(H,26,27). The third-order valence-corrected chi connectivity index (χ3v) is 6.26. The summed E-state index contributed by atoms with van der Waals surface area (Å²) >= 11 is 0.955. The number of ether oxygens (including phenoxy) is 2. The highest BCUT2D eigenvalue weighted by Crippen LogP contribution is 2.30. The molecule has 0 unspecified atom stereocenters. The largest absolute Gasteiger partial charge is 0.497 e. The number of esters is 1. The van der Waals surface area contributed by atoms with E-state index in [0.29, 0.717) is 22.0 Å². The lowest BCUT2D eigenvalue weighted by molar-refractivity contribution is -0.152. The van der Waals surface area contributed by atoms with E-state index < -0.39 is 23.0 Å². The topological polar surface area (TPSA) is 108 Å². The number of benzene rings is 1. The third-order valence-electron chi connectivity index (χ3n) is 5.08. The van der Waals surface area contributed by atoms with E-state index >= 15 is 0 Å². The van der Waals surface area contributed by atoms with Crippen LogP contribution in [0.5, 0.6) is 5.75 Å². The van der Waals surface area contributed by atoms with Gasteiger partial charge in [-0.05, 0) is 51.0 Å². The molecule has 0 saturated carbocycles. The Bertz CT molecular complexity index is 1210. The minimum absolute atomic E-state index is 0.0571. The van der Waals surface area contributed by atoms with Crippen LogP contribution in [-0.4, -0.2) is 40.3 Å². The van der Waals surface area contributed by atoms with Crippen molar-refractivity contribution in [2.24, 2.45) is 0 Å². The van der Waals surface area contributed by atoms with Crippen molar-refractivity contribution < 1.29 is 24.2 Å². The number of methoxy groups -OCH3 is 1. The summed E-state index contributed by atoms with van der Waals surface area (Å²) in [6, 6.07) is 7.29. The van der Waals surface area contributed by atoms with Gasteiger partial charge in [-0.15, -0.1) is 11.3 Å². The van der Waals surface area contributed by atoms with E-state index in [2.05, 4.69) is 4.98 Å². The summed E-state index contributed by atoms with van der Waals surface area (Å²) < 4.78 is 11.7. The first-order chi connectivity index (χ1) is 14.6. The van der Waals surface area contributed by atoms with Crippen LogP contribution in [0.3, 0.4) is 0 Å². The van der Waals surface area contributed by atoms with Gasteiger partial charge in [-0.2, -0.15) is 0 Å². The third kappa shape index (κ3) is 4.05. The number of carbonyl (C=O) groups excluding carboxylic acids is 1. The van der Waals surface area contributed by atoms with Crippen LogP contribution < -0.4 is 10.3 Å². The Hall–Kier alpha value is -3.20. The van der Waals surface area contributed by atoms with Crippen molar-refractivity contribution in [3.8, 4) is 5.75 Å². The minimum Gasteiger partial charge on any atom is -0.497 e. The molecule has 0 amide bonds. The Labute approximate surface area is 183 Å². The number of carboxylic acid groups (broad SMARTS) is 1. The second-order valence-electron chi connectivity index (χ2n) is 7.51. The fourth-order valence-corrected chi connectivity index (χ4v) is 4.48. The first kappa shape index (κ1) is 22.5. The van der Waals surface area contributed by atoms with Crippen molar-refractivity contribution in [2.45, 2.75) is 39.7 Å². The zero-order chi connectivity index (χ0) is 22.9. The van der Waals surface area contributed by atoms with E-state index in [-0.39, 0.29) is 23.3 Å². The summed E-state index contributed by atoms with van der Waals surface area (Å²) in [5.74, 6) is -0.649. The van der Waals surface area contributed by atoms with Crippen molar-refractivity contribution >= 4 is 33.5 Å². The highest BCUT2D eigenvalue weighted by Gasteiger charge is 2.36. The van der Waals surface area contributed by atoms with Gasteiger partial charge in [-0.3, -0.25) is 9.36 Å². The van der Waals surface area contributed by atoms with Crippen molar-refractivity contribution in [1.29, 1.82) is 0 Å². The van der Waals surface area contributed by atoms with Crippen LogP contribution in [0, 0.1) is 6.92 Å². The summed E-state index contributed by atoms with van der Waals surface area (Å²) in [6.45, 7) is 6.63. The Morgan fingerprint density at radius 2 is 1.87 bits per heavy atom. The number of thiophene rings is 1. The molecule has 0 aliphatic heterocycles. The Morgan fingerprint density at radius 3 is 2.42 bits per heavy atom. The first-order valence-electron chi connectivity index (χ1n) is 9.70. The molecule has 0 fully saturated rings. The number of nitrogens with zero attached hydrogens (tertiary/aromatic N) is 2. The molecule has 2 aromatic heterocycles. The molecule has 0 aliphatic rings. The molecule has 31 heavy (non-hydrogen) atoms. The second kappa shape index (κ2) is 8.50. The quantitative estimate of drug-likeness (QED) is 0.557. The lowest BCUT2D eigenvalue weighted by Gasteiger charge is -2.27. The van der Waals surface area contributed by atoms with Crippen LogP contribution in [0.1, 0.15) is 47.4 Å². The van der Waals surface area contributed by atoms with Crippen LogP contribution in [-0.2, 0) is 21.5 Å². The average molecular weight is 445 g/mol. The molecule has 1 aromatic carbocycles. The Morgan fingerprint density at radius 1 is 1.23 bits per heavy atom. The molecule has 0 spiro atoms. The number of aromatic nitrogens is 2. The van der Waals surface area contributed by atoms with Crippen molar-refractivity contribution in [3.05, 3.63) is 56.4 Å². The van der Waals surface area contributed by atoms with E-state index in [4.69, 9.17) is 9.47 Å². The summed E-state index contributed by atoms with van der Waals surface area (Å²) in [4.78, 5) is 42.9. The molecule has 0 aliphatic carbocycles. The summed E-state index contributed by atoms with van der Waals surface area (Å²) in [5, 5.41) is 9.69. The number of aromatic carboxylic acids is 1. The number of hydrogen-bond acceptors (Lipinski definition) is 7. The molecule has 0 radical (unpaired) electrons. The number of hydrogen-bond donors (Lipinski definition) is 1. The predicted octanol–water partition coefficient (Wildman–Crippen LogP) is 3.36. The maximum Gasteiger partial charge on any atom is 0.346 e. The molecule has 1 N–H and O–H groups in total. The van der Waals surface area contributed by atoms with Crippen molar-refractivity contribution in [1.82, 2.24) is 9.55 Å². The lowest BCUT2D eigenvalue weighted by atomic mass is 10.0. The van der Waals surface area contributed by atoms with Crippen LogP contribution in [0.2, 0.25) is 0 Å². The monoisotopic (exact) mass is 444 g/mol. The number of aryl methyl sites for hydroxylation is 1. The highest BCUT2D eigenvalue weighted by atomic mass is 32.1. The van der Waals surface area contributed by atoms with Crippen molar-refractivity contribution in [3.63, 3.8) is 0 Å². The van der Waals surface area contributed by atoms with Gasteiger partial charge < -0.3 is 14.6 Å². The van der Waals surface area contributed by atoms with Gasteiger partial charge in [0.2, 0.25) is 0 Å². The van der Waals surface area contributed by atoms with Gasteiger partial charge in [0.1, 0.15) is 26.8 Å². The molecule has 2 heterocycles. The zero-order valence-electron chi connectivity index (χ0n) is 18.0. The number of carboxylic acids is 1. The number of rotatable bonds is 7.